The van der Waals surface area contributed by atoms with E-state index in [0.29, 0.717) is 0 Å². The minimum atomic E-state index is 0. The molecule has 0 atom stereocenters. The van der Waals surface area contributed by atoms with Gasteiger partial charge in [0.15, 0.2) is 0 Å². The molecule has 2 fully saturated rings. The lowest BCUT2D eigenvalue weighted by molar-refractivity contribution is 0.282. The molecule has 1 aliphatic carbocycles. The Morgan fingerprint density at radius 3 is 2.42 bits per heavy atom. The van der Waals surface area contributed by atoms with Crippen LogP contribution in [0.15, 0.2) is 0 Å². The van der Waals surface area contributed by atoms with Crippen molar-refractivity contribution < 1.29 is 0 Å². The van der Waals surface area contributed by atoms with Gasteiger partial charge >= 0.3 is 0 Å². The summed E-state index contributed by atoms with van der Waals surface area (Å²) in [6, 6.07) is 0.972. The second kappa shape index (κ2) is 6.03. The predicted octanol–water partition coefficient (Wildman–Crippen LogP) is 1.29. The molecule has 1 N–H and O–H groups in total. The van der Waals surface area contributed by atoms with Crippen LogP contribution in [0, 0.1) is 0 Å². The normalized spacial score (nSPS) is 25.0. The molecule has 1 saturated heterocycles. The largest absolute Gasteiger partial charge is 0.315 e. The Labute approximate surface area is 86.9 Å². The zero-order chi connectivity index (χ0) is 6.81. The van der Waals surface area contributed by atoms with E-state index in [-0.39, 0.29) is 24.8 Å². The first-order valence-electron chi connectivity index (χ1n) is 4.41. The van der Waals surface area contributed by atoms with Gasteiger partial charge in [-0.15, -0.1) is 24.8 Å². The van der Waals surface area contributed by atoms with E-state index >= 15 is 0 Å². The van der Waals surface area contributed by atoms with E-state index in [1.165, 1.54) is 45.4 Å². The number of hydrogen-bond acceptors (Lipinski definition) is 2. The molecule has 0 aromatic rings. The van der Waals surface area contributed by atoms with Crippen molar-refractivity contribution in [2.75, 3.05) is 26.2 Å². The fraction of sp³-hybridized carbons (Fsp3) is 1.00. The van der Waals surface area contributed by atoms with Gasteiger partial charge in [-0.1, -0.05) is 0 Å². The van der Waals surface area contributed by atoms with Crippen LogP contribution < -0.4 is 5.32 Å². The van der Waals surface area contributed by atoms with Crippen molar-refractivity contribution >= 4 is 24.8 Å². The highest BCUT2D eigenvalue weighted by molar-refractivity contribution is 5.85. The van der Waals surface area contributed by atoms with E-state index in [4.69, 9.17) is 0 Å². The first kappa shape index (κ1) is 12.5. The lowest BCUT2D eigenvalue weighted by Gasteiger charge is -2.17. The van der Waals surface area contributed by atoms with E-state index < -0.39 is 0 Å². The van der Waals surface area contributed by atoms with Gasteiger partial charge in [0.2, 0.25) is 0 Å². The van der Waals surface area contributed by atoms with Crippen LogP contribution in [0.1, 0.15) is 19.3 Å². The van der Waals surface area contributed by atoms with Crippen LogP contribution in [0.25, 0.3) is 0 Å². The summed E-state index contributed by atoms with van der Waals surface area (Å²) in [4.78, 5) is 2.64. The third-order valence-electron chi connectivity index (χ3n) is 2.44. The quantitative estimate of drug-likeness (QED) is 0.706. The topological polar surface area (TPSA) is 15.3 Å². The highest BCUT2D eigenvalue weighted by atomic mass is 35.5. The number of nitrogens with one attached hydrogen (secondary N) is 1. The van der Waals surface area contributed by atoms with Crippen molar-refractivity contribution in [3.05, 3.63) is 0 Å². The molecule has 0 radical (unpaired) electrons. The average molecular weight is 213 g/mol. The van der Waals surface area contributed by atoms with Crippen LogP contribution in [-0.4, -0.2) is 37.1 Å². The predicted molar refractivity (Wildman–Crippen MR) is 56.6 cm³/mol. The molecule has 0 spiro atoms. The van der Waals surface area contributed by atoms with Gasteiger partial charge < -0.3 is 5.32 Å². The minimum absolute atomic E-state index is 0. The molecule has 4 heteroatoms. The summed E-state index contributed by atoms with van der Waals surface area (Å²) in [5.74, 6) is 0. The summed E-state index contributed by atoms with van der Waals surface area (Å²) in [6.45, 7) is 5.04. The first-order valence-corrected chi connectivity index (χ1v) is 4.41. The molecule has 1 saturated carbocycles. The van der Waals surface area contributed by atoms with E-state index in [1.807, 2.05) is 0 Å². The summed E-state index contributed by atoms with van der Waals surface area (Å²) < 4.78 is 0. The number of rotatable bonds is 1. The zero-order valence-electron chi connectivity index (χ0n) is 7.29. The van der Waals surface area contributed by atoms with Crippen molar-refractivity contribution in [1.29, 1.82) is 0 Å². The molecule has 0 bridgehead atoms. The van der Waals surface area contributed by atoms with Gasteiger partial charge in [0.25, 0.3) is 0 Å². The maximum atomic E-state index is 3.42. The highest BCUT2D eigenvalue weighted by Gasteiger charge is 2.28. The van der Waals surface area contributed by atoms with Crippen LogP contribution in [-0.2, 0) is 0 Å². The Kier molecular flexibility index (Phi) is 6.28. The average Bonchev–Trinajstić information content (AvgIpc) is 2.76. The molecular formula is C8H18Cl2N2. The lowest BCUT2D eigenvalue weighted by Crippen LogP contribution is -2.29. The lowest BCUT2D eigenvalue weighted by atomic mass is 10.4. The van der Waals surface area contributed by atoms with E-state index in [2.05, 4.69) is 10.2 Å². The van der Waals surface area contributed by atoms with Crippen molar-refractivity contribution in [2.45, 2.75) is 25.3 Å². The third-order valence-corrected chi connectivity index (χ3v) is 2.44. The fourth-order valence-electron chi connectivity index (χ4n) is 1.67. The van der Waals surface area contributed by atoms with Gasteiger partial charge in [-0.05, 0) is 32.4 Å². The van der Waals surface area contributed by atoms with Crippen LogP contribution in [0.3, 0.4) is 0 Å². The van der Waals surface area contributed by atoms with Gasteiger partial charge in [-0.25, -0.2) is 0 Å². The Morgan fingerprint density at radius 2 is 1.75 bits per heavy atom. The van der Waals surface area contributed by atoms with Crippen LogP contribution in [0.5, 0.6) is 0 Å². The van der Waals surface area contributed by atoms with E-state index in [0.717, 1.165) is 6.04 Å². The fourth-order valence-corrected chi connectivity index (χ4v) is 1.67. The Bertz CT molecular complexity index is 110. The monoisotopic (exact) mass is 212 g/mol. The second-order valence-corrected chi connectivity index (χ2v) is 3.37. The Hall–Kier alpha value is 0.500. The van der Waals surface area contributed by atoms with Gasteiger partial charge in [-0.3, -0.25) is 4.90 Å². The number of halogens is 2. The Morgan fingerprint density at radius 1 is 1.00 bits per heavy atom. The molecule has 0 aromatic carbocycles. The molecule has 1 aliphatic heterocycles. The zero-order valence-corrected chi connectivity index (χ0v) is 8.92. The van der Waals surface area contributed by atoms with Gasteiger partial charge in [0.05, 0.1) is 0 Å². The van der Waals surface area contributed by atoms with Crippen molar-refractivity contribution in [2.24, 2.45) is 0 Å². The summed E-state index contributed by atoms with van der Waals surface area (Å²) in [6.07, 6.45) is 4.26. The molecule has 2 nitrogen and oxygen atoms in total. The SMILES string of the molecule is C1CNCCN(C2CC2)C1.Cl.Cl. The molecular weight excluding hydrogens is 195 g/mol. The Balaban J connectivity index is 0.000000605. The standard InChI is InChI=1S/C8H16N2.2ClH/c1-4-9-5-7-10(6-1)8-2-3-8;;/h8-9H,1-7H2;2*1H. The van der Waals surface area contributed by atoms with Crippen molar-refractivity contribution in [3.8, 4) is 0 Å². The van der Waals surface area contributed by atoms with Gasteiger partial charge in [-0.2, -0.15) is 0 Å². The summed E-state index contributed by atoms with van der Waals surface area (Å²) in [7, 11) is 0. The summed E-state index contributed by atoms with van der Waals surface area (Å²) in [5, 5.41) is 3.42. The van der Waals surface area contributed by atoms with Crippen molar-refractivity contribution in [3.63, 3.8) is 0 Å². The molecule has 0 aromatic heterocycles. The molecule has 0 unspecified atom stereocenters. The summed E-state index contributed by atoms with van der Waals surface area (Å²) in [5.41, 5.74) is 0. The molecule has 2 aliphatic rings. The number of nitrogens with zero attached hydrogens (tertiary/aromatic N) is 1. The summed E-state index contributed by atoms with van der Waals surface area (Å²) >= 11 is 0. The third kappa shape index (κ3) is 3.48. The smallest absolute Gasteiger partial charge is 0.0110 e. The minimum Gasteiger partial charge on any atom is -0.315 e. The molecule has 1 heterocycles. The van der Waals surface area contributed by atoms with E-state index in [9.17, 15) is 0 Å². The molecule has 74 valence electrons. The molecule has 2 rings (SSSR count). The highest BCUT2D eigenvalue weighted by Crippen LogP contribution is 2.26. The van der Waals surface area contributed by atoms with Crippen molar-refractivity contribution in [1.82, 2.24) is 10.2 Å². The maximum Gasteiger partial charge on any atom is 0.0110 e. The van der Waals surface area contributed by atoms with Crippen LogP contribution >= 0.6 is 24.8 Å². The number of hydrogen-bond donors (Lipinski definition) is 1. The van der Waals surface area contributed by atoms with Crippen LogP contribution in [0.2, 0.25) is 0 Å². The molecule has 0 amide bonds. The maximum absolute atomic E-state index is 3.42. The van der Waals surface area contributed by atoms with E-state index in [1.54, 1.807) is 0 Å². The van der Waals surface area contributed by atoms with Gasteiger partial charge in [0.1, 0.15) is 0 Å². The first-order chi connectivity index (χ1) is 4.97. The van der Waals surface area contributed by atoms with Crippen LogP contribution in [0.4, 0.5) is 0 Å². The van der Waals surface area contributed by atoms with Gasteiger partial charge in [0, 0.05) is 19.1 Å². The second-order valence-electron chi connectivity index (χ2n) is 3.37. The molecule has 12 heavy (non-hydrogen) atoms.